The molecule has 5 rings (SSSR count). The van der Waals surface area contributed by atoms with Gasteiger partial charge in [-0.2, -0.15) is 5.10 Å². The van der Waals surface area contributed by atoms with Crippen molar-refractivity contribution in [2.45, 2.75) is 45.8 Å². The Hall–Kier alpha value is -4.36. The van der Waals surface area contributed by atoms with Gasteiger partial charge in [0.15, 0.2) is 5.65 Å². The van der Waals surface area contributed by atoms with E-state index in [9.17, 15) is 4.79 Å². The third-order valence-corrected chi connectivity index (χ3v) is 7.09. The lowest BCUT2D eigenvalue weighted by molar-refractivity contribution is 0.0941. The van der Waals surface area contributed by atoms with Crippen molar-refractivity contribution in [1.29, 1.82) is 0 Å². The van der Waals surface area contributed by atoms with Crippen LogP contribution in [0.25, 0.3) is 22.3 Å². The number of hydrogen-bond acceptors (Lipinski definition) is 5. The Kier molecular flexibility index (Phi) is 8.62. The summed E-state index contributed by atoms with van der Waals surface area (Å²) < 4.78 is 1.84. The Balaban J connectivity index is 1.50. The predicted octanol–water partition coefficient (Wildman–Crippen LogP) is 6.26. The van der Waals surface area contributed by atoms with Crippen LogP contribution in [0.2, 0.25) is 0 Å². The molecular weight excluding hydrogens is 496 g/mol. The maximum absolute atomic E-state index is 13.7. The summed E-state index contributed by atoms with van der Waals surface area (Å²) in [6.45, 7) is 6.69. The fourth-order valence-corrected chi connectivity index (χ4v) is 4.88. The van der Waals surface area contributed by atoms with Crippen LogP contribution in [0.1, 0.15) is 59.8 Å². The molecule has 1 amide bonds. The van der Waals surface area contributed by atoms with Crippen molar-refractivity contribution < 1.29 is 4.79 Å². The highest BCUT2D eigenvalue weighted by Crippen LogP contribution is 2.26. The Bertz CT molecular complexity index is 1560. The van der Waals surface area contributed by atoms with Crippen LogP contribution < -0.4 is 5.32 Å². The Labute approximate surface area is 235 Å². The first-order chi connectivity index (χ1) is 19.5. The summed E-state index contributed by atoms with van der Waals surface area (Å²) >= 11 is 0. The zero-order chi connectivity index (χ0) is 27.9. The van der Waals surface area contributed by atoms with Gasteiger partial charge in [0.25, 0.3) is 5.91 Å². The summed E-state index contributed by atoms with van der Waals surface area (Å²) in [6, 6.07) is 24.1. The van der Waals surface area contributed by atoms with Gasteiger partial charge in [0.05, 0.1) is 29.2 Å². The average Bonchev–Trinajstić information content (AvgIpc) is 3.38. The third-order valence-electron chi connectivity index (χ3n) is 7.09. The molecule has 0 saturated carbocycles. The van der Waals surface area contributed by atoms with Crippen molar-refractivity contribution >= 4 is 16.9 Å². The van der Waals surface area contributed by atoms with Gasteiger partial charge in [-0.3, -0.25) is 14.5 Å². The van der Waals surface area contributed by atoms with Crippen molar-refractivity contribution in [2.75, 3.05) is 13.6 Å². The summed E-state index contributed by atoms with van der Waals surface area (Å²) in [5, 5.41) is 8.68. The Morgan fingerprint density at radius 3 is 2.58 bits per heavy atom. The number of rotatable bonds is 11. The van der Waals surface area contributed by atoms with E-state index in [1.165, 1.54) is 18.4 Å². The summed E-state index contributed by atoms with van der Waals surface area (Å²) in [5.74, 6) is -0.149. The lowest BCUT2D eigenvalue weighted by Gasteiger charge is -2.17. The summed E-state index contributed by atoms with van der Waals surface area (Å²) in [5.41, 5.74) is 6.16. The first-order valence-corrected chi connectivity index (χ1v) is 13.9. The number of amides is 1. The minimum atomic E-state index is -0.149. The molecule has 0 bridgehead atoms. The topological polar surface area (TPSA) is 75.9 Å². The first-order valence-electron chi connectivity index (χ1n) is 13.9. The predicted molar refractivity (Wildman–Crippen MR) is 160 cm³/mol. The number of hydrogen-bond donors (Lipinski definition) is 1. The lowest BCUT2D eigenvalue weighted by Crippen LogP contribution is -2.26. The van der Waals surface area contributed by atoms with Gasteiger partial charge in [0, 0.05) is 30.7 Å². The van der Waals surface area contributed by atoms with E-state index in [-0.39, 0.29) is 11.9 Å². The Morgan fingerprint density at radius 1 is 1.00 bits per heavy atom. The average molecular weight is 533 g/mol. The zero-order valence-electron chi connectivity index (χ0n) is 23.4. The van der Waals surface area contributed by atoms with Gasteiger partial charge in [0.1, 0.15) is 0 Å². The second-order valence-corrected chi connectivity index (χ2v) is 10.4. The number of carbonyl (C=O) groups excluding carboxylic acids is 1. The molecule has 0 aliphatic carbocycles. The van der Waals surface area contributed by atoms with E-state index in [0.717, 1.165) is 40.9 Å². The molecule has 7 heteroatoms. The van der Waals surface area contributed by atoms with Crippen LogP contribution in [-0.2, 0) is 13.1 Å². The molecule has 2 aromatic carbocycles. The highest BCUT2D eigenvalue weighted by Gasteiger charge is 2.19. The molecule has 204 valence electrons. The number of fused-ring (bicyclic) bond motifs is 1. The number of carbonyl (C=O) groups is 1. The van der Waals surface area contributed by atoms with Crippen molar-refractivity contribution in [3.8, 4) is 11.3 Å². The number of aromatic nitrogens is 4. The maximum atomic E-state index is 13.7. The number of benzene rings is 2. The monoisotopic (exact) mass is 532 g/mol. The van der Waals surface area contributed by atoms with E-state index in [2.05, 4.69) is 47.4 Å². The number of nitrogens with zero attached hydrogens (tertiary/aromatic N) is 5. The first kappa shape index (κ1) is 27.2. The van der Waals surface area contributed by atoms with Crippen molar-refractivity contribution in [1.82, 2.24) is 30.0 Å². The van der Waals surface area contributed by atoms with E-state index >= 15 is 0 Å². The highest BCUT2D eigenvalue weighted by molar-refractivity contribution is 6.06. The van der Waals surface area contributed by atoms with Crippen LogP contribution in [0, 0.1) is 0 Å². The number of nitrogens with one attached hydrogen (secondary N) is 1. The van der Waals surface area contributed by atoms with Gasteiger partial charge in [-0.25, -0.2) is 4.98 Å². The fourth-order valence-electron chi connectivity index (χ4n) is 4.88. The molecule has 1 N–H and O–H groups in total. The van der Waals surface area contributed by atoms with Gasteiger partial charge < -0.3 is 10.2 Å². The normalized spacial score (nSPS) is 12.1. The standard InChI is InChI=1S/C33H36N6O/c1-4-5-18-38(3)21-26-10-9-13-28(19-26)31-20-29(33(40)35-24(2)27-11-7-6-8-12-27)30-23-39(37-32(30)36-31)22-25-14-16-34-17-15-25/h6-17,19-20,23-24H,4-5,18,21-22H2,1-3H3,(H,35,40)/t24-/m0/s1. The van der Waals surface area contributed by atoms with E-state index in [1.807, 2.05) is 72.4 Å². The molecule has 0 fully saturated rings. The molecule has 3 aromatic heterocycles. The van der Waals surface area contributed by atoms with Crippen LogP contribution >= 0.6 is 0 Å². The van der Waals surface area contributed by atoms with Gasteiger partial charge in [0.2, 0.25) is 0 Å². The van der Waals surface area contributed by atoms with Gasteiger partial charge in [-0.15, -0.1) is 0 Å². The molecule has 0 spiro atoms. The van der Waals surface area contributed by atoms with Crippen molar-refractivity contribution in [3.63, 3.8) is 0 Å². The molecule has 0 aliphatic heterocycles. The quantitative estimate of drug-likeness (QED) is 0.217. The van der Waals surface area contributed by atoms with Crippen molar-refractivity contribution in [2.24, 2.45) is 0 Å². The lowest BCUT2D eigenvalue weighted by atomic mass is 10.0. The maximum Gasteiger partial charge on any atom is 0.252 e. The van der Waals surface area contributed by atoms with E-state index in [4.69, 9.17) is 10.1 Å². The molecule has 0 saturated heterocycles. The minimum absolute atomic E-state index is 0.144. The van der Waals surface area contributed by atoms with Crippen LogP contribution in [0.5, 0.6) is 0 Å². The largest absolute Gasteiger partial charge is 0.345 e. The van der Waals surface area contributed by atoms with Gasteiger partial charge >= 0.3 is 0 Å². The molecule has 1 atom stereocenters. The van der Waals surface area contributed by atoms with Gasteiger partial charge in [-0.1, -0.05) is 61.9 Å². The fraction of sp³-hybridized carbons (Fsp3) is 0.273. The Morgan fingerprint density at radius 2 is 1.80 bits per heavy atom. The van der Waals surface area contributed by atoms with Crippen LogP contribution in [0.3, 0.4) is 0 Å². The SMILES string of the molecule is CCCCN(C)Cc1cccc(-c2cc(C(=O)N[C@@H](C)c3ccccc3)c3cn(Cc4ccncc4)nc3n2)c1. The summed E-state index contributed by atoms with van der Waals surface area (Å²) in [4.78, 5) is 25.1. The van der Waals surface area contributed by atoms with E-state index in [1.54, 1.807) is 12.4 Å². The second-order valence-electron chi connectivity index (χ2n) is 10.4. The smallest absolute Gasteiger partial charge is 0.252 e. The molecule has 3 heterocycles. The van der Waals surface area contributed by atoms with Crippen molar-refractivity contribution in [3.05, 3.63) is 114 Å². The second kappa shape index (κ2) is 12.7. The molecule has 5 aromatic rings. The zero-order valence-corrected chi connectivity index (χ0v) is 23.4. The summed E-state index contributed by atoms with van der Waals surface area (Å²) in [7, 11) is 2.15. The highest BCUT2D eigenvalue weighted by atomic mass is 16.1. The number of unbranched alkanes of at least 4 members (excludes halogenated alkanes) is 1. The molecule has 7 nitrogen and oxygen atoms in total. The molecular formula is C33H36N6O. The minimum Gasteiger partial charge on any atom is -0.345 e. The van der Waals surface area contributed by atoms with Crippen LogP contribution in [0.4, 0.5) is 0 Å². The third kappa shape index (κ3) is 6.61. The molecule has 40 heavy (non-hydrogen) atoms. The van der Waals surface area contributed by atoms with Gasteiger partial charge in [-0.05, 0) is 67.9 Å². The van der Waals surface area contributed by atoms with E-state index < -0.39 is 0 Å². The summed E-state index contributed by atoms with van der Waals surface area (Å²) in [6.07, 6.45) is 7.80. The van der Waals surface area contributed by atoms with Crippen LogP contribution in [0.15, 0.2) is 91.4 Å². The molecule has 0 aliphatic rings. The van der Waals surface area contributed by atoms with E-state index in [0.29, 0.717) is 17.8 Å². The molecule has 0 radical (unpaired) electrons. The molecule has 0 unspecified atom stereocenters. The van der Waals surface area contributed by atoms with Crippen LogP contribution in [-0.4, -0.2) is 44.1 Å². The number of pyridine rings is 2.